The summed E-state index contributed by atoms with van der Waals surface area (Å²) in [7, 11) is -0.357. The van der Waals surface area contributed by atoms with E-state index in [1.54, 1.807) is 0 Å². The lowest BCUT2D eigenvalue weighted by atomic mass is 9.78. The number of aryl methyl sites for hydroxylation is 1. The van der Waals surface area contributed by atoms with E-state index in [4.69, 9.17) is 9.31 Å². The van der Waals surface area contributed by atoms with Gasteiger partial charge < -0.3 is 14.2 Å². The number of hydrogen-bond donors (Lipinski definition) is 0. The topological polar surface area (TPSA) is 38.8 Å². The van der Waals surface area contributed by atoms with Crippen LogP contribution in [-0.2, 0) is 14.1 Å². The van der Waals surface area contributed by atoms with Crippen LogP contribution in [0.1, 0.15) is 52.5 Å². The number of amides is 1. The van der Waals surface area contributed by atoms with Crippen molar-refractivity contribution < 1.29 is 14.1 Å². The molecule has 2 fully saturated rings. The van der Waals surface area contributed by atoms with E-state index in [1.807, 2.05) is 24.0 Å². The fourth-order valence-corrected chi connectivity index (χ4v) is 3.17. The zero-order valence-electron chi connectivity index (χ0n) is 14.8. The fraction of sp³-hybridized carbons (Fsp3) is 0.611. The molecule has 0 spiro atoms. The second-order valence-electron chi connectivity index (χ2n) is 7.64. The number of piperidine rings is 1. The average Bonchev–Trinajstić information content (AvgIpc) is 2.68. The Bertz CT molecular complexity index is 611. The first-order valence-electron chi connectivity index (χ1n) is 8.48. The minimum absolute atomic E-state index is 0.225. The van der Waals surface area contributed by atoms with Crippen LogP contribution >= 0.6 is 0 Å². The molecule has 0 saturated carbocycles. The summed E-state index contributed by atoms with van der Waals surface area (Å²) in [6.07, 6.45) is 2.73. The molecule has 0 bridgehead atoms. The van der Waals surface area contributed by atoms with E-state index < -0.39 is 0 Å². The molecule has 0 radical (unpaired) electrons. The maximum Gasteiger partial charge on any atom is 0.494 e. The van der Waals surface area contributed by atoms with Crippen molar-refractivity contribution >= 4 is 24.2 Å². The zero-order valence-corrected chi connectivity index (χ0v) is 14.8. The van der Waals surface area contributed by atoms with Crippen LogP contribution in [-0.4, -0.2) is 30.8 Å². The van der Waals surface area contributed by atoms with Crippen molar-refractivity contribution in [2.45, 2.75) is 65.1 Å². The standard InChI is InChI=1S/C18H26BNO3/c1-13-12-14(19-22-17(2,3)18(4,5)23-19)9-10-15(13)20-11-7-6-8-16(20)21/h9-10,12H,6-8,11H2,1-5H3. The second-order valence-corrected chi connectivity index (χ2v) is 7.64. The van der Waals surface area contributed by atoms with E-state index in [9.17, 15) is 4.79 Å². The highest BCUT2D eigenvalue weighted by Crippen LogP contribution is 2.36. The van der Waals surface area contributed by atoms with E-state index in [0.29, 0.717) is 6.42 Å². The Kier molecular flexibility index (Phi) is 4.05. The summed E-state index contributed by atoms with van der Waals surface area (Å²) >= 11 is 0. The van der Waals surface area contributed by atoms with Crippen molar-refractivity contribution in [3.8, 4) is 0 Å². The molecule has 2 saturated heterocycles. The molecule has 0 N–H and O–H groups in total. The molecular weight excluding hydrogens is 289 g/mol. The first kappa shape index (κ1) is 16.5. The van der Waals surface area contributed by atoms with Crippen LogP contribution in [0.3, 0.4) is 0 Å². The van der Waals surface area contributed by atoms with Crippen LogP contribution in [0.4, 0.5) is 5.69 Å². The molecule has 0 aliphatic carbocycles. The van der Waals surface area contributed by atoms with Crippen molar-refractivity contribution in [2.24, 2.45) is 0 Å². The molecule has 5 heteroatoms. The lowest BCUT2D eigenvalue weighted by Crippen LogP contribution is -2.41. The molecule has 1 aromatic rings. The average molecular weight is 315 g/mol. The Hall–Kier alpha value is -1.33. The smallest absolute Gasteiger partial charge is 0.399 e. The highest BCUT2D eigenvalue weighted by atomic mass is 16.7. The molecule has 4 nitrogen and oxygen atoms in total. The van der Waals surface area contributed by atoms with Gasteiger partial charge in [-0.2, -0.15) is 0 Å². The van der Waals surface area contributed by atoms with Crippen molar-refractivity contribution in [3.63, 3.8) is 0 Å². The minimum Gasteiger partial charge on any atom is -0.399 e. The Morgan fingerprint density at radius 3 is 2.30 bits per heavy atom. The van der Waals surface area contributed by atoms with E-state index >= 15 is 0 Å². The highest BCUT2D eigenvalue weighted by Gasteiger charge is 2.51. The predicted molar refractivity (Wildman–Crippen MR) is 93.1 cm³/mol. The van der Waals surface area contributed by atoms with Crippen molar-refractivity contribution in [2.75, 3.05) is 11.4 Å². The van der Waals surface area contributed by atoms with Gasteiger partial charge in [-0.15, -0.1) is 0 Å². The minimum atomic E-state index is -0.357. The summed E-state index contributed by atoms with van der Waals surface area (Å²) < 4.78 is 12.2. The molecule has 2 aliphatic heterocycles. The number of benzene rings is 1. The Balaban J connectivity index is 1.84. The number of hydrogen-bond acceptors (Lipinski definition) is 3. The highest BCUT2D eigenvalue weighted by molar-refractivity contribution is 6.62. The molecular formula is C18H26BNO3. The van der Waals surface area contributed by atoms with Gasteiger partial charge in [0.1, 0.15) is 0 Å². The van der Waals surface area contributed by atoms with Crippen LogP contribution in [0, 0.1) is 6.92 Å². The van der Waals surface area contributed by atoms with Crippen LogP contribution in [0.15, 0.2) is 18.2 Å². The largest absolute Gasteiger partial charge is 0.494 e. The van der Waals surface area contributed by atoms with E-state index in [1.165, 1.54) is 0 Å². The first-order valence-corrected chi connectivity index (χ1v) is 8.48. The Morgan fingerprint density at radius 2 is 1.74 bits per heavy atom. The molecule has 23 heavy (non-hydrogen) atoms. The summed E-state index contributed by atoms with van der Waals surface area (Å²) in [6.45, 7) is 11.1. The van der Waals surface area contributed by atoms with Gasteiger partial charge in [-0.25, -0.2) is 0 Å². The summed E-state index contributed by atoms with van der Waals surface area (Å²) in [5.41, 5.74) is 2.43. The Labute approximate surface area is 139 Å². The summed E-state index contributed by atoms with van der Waals surface area (Å²) in [6, 6.07) is 6.13. The summed E-state index contributed by atoms with van der Waals surface area (Å²) in [5.74, 6) is 0.225. The predicted octanol–water partition coefficient (Wildman–Crippen LogP) is 2.81. The van der Waals surface area contributed by atoms with Crippen LogP contribution in [0.25, 0.3) is 0 Å². The quantitative estimate of drug-likeness (QED) is 0.788. The lowest BCUT2D eigenvalue weighted by molar-refractivity contribution is -0.119. The van der Waals surface area contributed by atoms with Gasteiger partial charge in [0.05, 0.1) is 11.2 Å². The maximum absolute atomic E-state index is 12.1. The van der Waals surface area contributed by atoms with E-state index in [-0.39, 0.29) is 24.2 Å². The normalized spacial score (nSPS) is 23.4. The van der Waals surface area contributed by atoms with Gasteiger partial charge in [0.15, 0.2) is 0 Å². The number of carbonyl (C=O) groups is 1. The van der Waals surface area contributed by atoms with E-state index in [2.05, 4.69) is 33.8 Å². The molecule has 0 aromatic heterocycles. The van der Waals surface area contributed by atoms with Gasteiger partial charge in [-0.1, -0.05) is 12.1 Å². The summed E-state index contributed by atoms with van der Waals surface area (Å²) in [5, 5.41) is 0. The number of carbonyl (C=O) groups excluding carboxylic acids is 1. The molecule has 124 valence electrons. The third-order valence-electron chi connectivity index (χ3n) is 5.36. The molecule has 2 aliphatic rings. The first-order chi connectivity index (χ1) is 10.7. The van der Waals surface area contributed by atoms with Gasteiger partial charge in [0.2, 0.25) is 5.91 Å². The molecule has 0 atom stereocenters. The SMILES string of the molecule is Cc1cc(B2OC(C)(C)C(C)(C)O2)ccc1N1CCCCC1=O. The van der Waals surface area contributed by atoms with Crippen molar-refractivity contribution in [3.05, 3.63) is 23.8 Å². The molecule has 1 amide bonds. The Morgan fingerprint density at radius 1 is 1.09 bits per heavy atom. The second kappa shape index (κ2) is 5.64. The molecule has 2 heterocycles. The number of anilines is 1. The zero-order chi connectivity index (χ0) is 16.8. The third-order valence-corrected chi connectivity index (χ3v) is 5.36. The number of nitrogens with zero attached hydrogens (tertiary/aromatic N) is 1. The summed E-state index contributed by atoms with van der Waals surface area (Å²) in [4.78, 5) is 14.0. The van der Waals surface area contributed by atoms with E-state index in [0.717, 1.165) is 36.1 Å². The van der Waals surface area contributed by atoms with Crippen molar-refractivity contribution in [1.29, 1.82) is 0 Å². The third kappa shape index (κ3) is 2.92. The number of rotatable bonds is 2. The molecule has 1 aromatic carbocycles. The maximum atomic E-state index is 12.1. The monoisotopic (exact) mass is 315 g/mol. The van der Waals surface area contributed by atoms with Crippen molar-refractivity contribution in [1.82, 2.24) is 0 Å². The fourth-order valence-electron chi connectivity index (χ4n) is 3.17. The van der Waals surface area contributed by atoms with Gasteiger partial charge in [-0.05, 0) is 64.6 Å². The lowest BCUT2D eigenvalue weighted by Gasteiger charge is -2.32. The van der Waals surface area contributed by atoms with Crippen LogP contribution in [0.5, 0.6) is 0 Å². The molecule has 3 rings (SSSR count). The van der Waals surface area contributed by atoms with Gasteiger partial charge in [0.25, 0.3) is 0 Å². The van der Waals surface area contributed by atoms with Gasteiger partial charge in [-0.3, -0.25) is 4.79 Å². The molecule has 0 unspecified atom stereocenters. The van der Waals surface area contributed by atoms with Gasteiger partial charge in [0, 0.05) is 18.7 Å². The van der Waals surface area contributed by atoms with Gasteiger partial charge >= 0.3 is 7.12 Å². The van der Waals surface area contributed by atoms with Crippen LogP contribution < -0.4 is 10.4 Å². The van der Waals surface area contributed by atoms with Crippen LogP contribution in [0.2, 0.25) is 0 Å².